The third-order valence-electron chi connectivity index (χ3n) is 4.18. The van der Waals surface area contributed by atoms with Crippen LogP contribution in [0.2, 0.25) is 5.02 Å². The summed E-state index contributed by atoms with van der Waals surface area (Å²) >= 11 is 5.91. The number of halogens is 1. The van der Waals surface area contributed by atoms with Crippen LogP contribution in [0.1, 0.15) is 17.0 Å². The molecule has 2 aromatic carbocycles. The van der Waals surface area contributed by atoms with Gasteiger partial charge in [0.2, 0.25) is 6.04 Å². The normalized spacial score (nSPS) is 21.9. The molecule has 3 rings (SSSR count). The van der Waals surface area contributed by atoms with Crippen molar-refractivity contribution in [1.29, 1.82) is 0 Å². The lowest BCUT2D eigenvalue weighted by Crippen LogP contribution is -2.28. The minimum atomic E-state index is -0.565. The Kier molecular flexibility index (Phi) is 4.41. The Labute approximate surface area is 134 Å². The summed E-state index contributed by atoms with van der Waals surface area (Å²) in [7, 11) is 0. The van der Waals surface area contributed by atoms with Gasteiger partial charge in [-0.1, -0.05) is 54.1 Å². The fraction of sp³-hybridized carbons (Fsp3) is 0.294. The summed E-state index contributed by atoms with van der Waals surface area (Å²) in [5, 5.41) is 12.1. The number of rotatable bonds is 4. The minimum Gasteiger partial charge on any atom is -0.292 e. The summed E-state index contributed by atoms with van der Waals surface area (Å²) in [4.78, 5) is 13.4. The molecule has 0 aromatic heterocycles. The van der Waals surface area contributed by atoms with E-state index in [0.717, 1.165) is 12.1 Å². The summed E-state index contributed by atoms with van der Waals surface area (Å²) in [6.45, 7) is 1.92. The predicted molar refractivity (Wildman–Crippen MR) is 86.7 cm³/mol. The van der Waals surface area contributed by atoms with Crippen molar-refractivity contribution in [3.05, 3.63) is 80.9 Å². The third-order valence-corrected chi connectivity index (χ3v) is 4.43. The van der Waals surface area contributed by atoms with Crippen LogP contribution in [0, 0.1) is 10.1 Å². The molecule has 5 heteroatoms. The highest BCUT2D eigenvalue weighted by atomic mass is 35.5. The molecule has 0 spiro atoms. The first kappa shape index (κ1) is 15.0. The van der Waals surface area contributed by atoms with Crippen LogP contribution in [0.15, 0.2) is 54.6 Å². The van der Waals surface area contributed by atoms with Gasteiger partial charge in [0.05, 0.1) is 12.5 Å². The van der Waals surface area contributed by atoms with Gasteiger partial charge in [-0.25, -0.2) is 0 Å². The molecule has 1 saturated heterocycles. The first-order chi connectivity index (χ1) is 10.6. The van der Waals surface area contributed by atoms with Gasteiger partial charge in [0.25, 0.3) is 0 Å². The Balaban J connectivity index is 1.77. The second-order valence-electron chi connectivity index (χ2n) is 5.69. The van der Waals surface area contributed by atoms with Gasteiger partial charge in [-0.2, -0.15) is 0 Å². The molecule has 114 valence electrons. The highest BCUT2D eigenvalue weighted by molar-refractivity contribution is 6.30. The third kappa shape index (κ3) is 3.29. The number of likely N-dealkylation sites (tertiary alicyclic amines) is 1. The van der Waals surface area contributed by atoms with Gasteiger partial charge in [0.1, 0.15) is 0 Å². The summed E-state index contributed by atoms with van der Waals surface area (Å²) < 4.78 is 0. The monoisotopic (exact) mass is 316 g/mol. The molecule has 4 nitrogen and oxygen atoms in total. The first-order valence-electron chi connectivity index (χ1n) is 7.29. The molecule has 2 aromatic rings. The zero-order valence-electron chi connectivity index (χ0n) is 12.1. The van der Waals surface area contributed by atoms with Crippen molar-refractivity contribution < 1.29 is 4.92 Å². The number of nitrogens with zero attached hydrogens (tertiary/aromatic N) is 2. The summed E-state index contributed by atoms with van der Waals surface area (Å²) in [5.74, 6) is -0.0871. The molecule has 2 atom stereocenters. The van der Waals surface area contributed by atoms with E-state index < -0.39 is 6.04 Å². The Morgan fingerprint density at radius 1 is 1.09 bits per heavy atom. The van der Waals surface area contributed by atoms with Gasteiger partial charge in [-0.05, 0) is 23.3 Å². The molecule has 0 N–H and O–H groups in total. The minimum absolute atomic E-state index is 0.0871. The van der Waals surface area contributed by atoms with Crippen LogP contribution in [0.5, 0.6) is 0 Å². The molecular formula is C17H17ClN2O2. The molecule has 0 unspecified atom stereocenters. The maximum Gasteiger partial charge on any atom is 0.233 e. The van der Waals surface area contributed by atoms with Crippen molar-refractivity contribution in [3.63, 3.8) is 0 Å². The average molecular weight is 317 g/mol. The van der Waals surface area contributed by atoms with Crippen LogP contribution in [-0.2, 0) is 6.54 Å². The van der Waals surface area contributed by atoms with E-state index in [9.17, 15) is 10.1 Å². The molecule has 1 fully saturated rings. The summed E-state index contributed by atoms with van der Waals surface area (Å²) in [5.41, 5.74) is 2.17. The molecule has 0 radical (unpaired) electrons. The fourth-order valence-electron chi connectivity index (χ4n) is 3.09. The van der Waals surface area contributed by atoms with E-state index in [1.165, 1.54) is 5.56 Å². The molecule has 1 aliphatic rings. The van der Waals surface area contributed by atoms with Crippen molar-refractivity contribution in [2.24, 2.45) is 0 Å². The molecular weight excluding hydrogens is 300 g/mol. The molecule has 0 bridgehead atoms. The maximum absolute atomic E-state index is 11.4. The number of nitro groups is 1. The largest absolute Gasteiger partial charge is 0.292 e. The SMILES string of the molecule is O=[N+]([O-])[C@H]1CN(Cc2ccccc2)C[C@H]1c1ccc(Cl)cc1. The van der Waals surface area contributed by atoms with Crippen LogP contribution in [-0.4, -0.2) is 29.0 Å². The quantitative estimate of drug-likeness (QED) is 0.639. The van der Waals surface area contributed by atoms with E-state index in [1.54, 1.807) is 12.1 Å². The van der Waals surface area contributed by atoms with Gasteiger partial charge in [0.15, 0.2) is 0 Å². The smallest absolute Gasteiger partial charge is 0.233 e. The highest BCUT2D eigenvalue weighted by Crippen LogP contribution is 2.31. The fourth-order valence-corrected chi connectivity index (χ4v) is 3.21. The van der Waals surface area contributed by atoms with Crippen molar-refractivity contribution >= 4 is 11.6 Å². The van der Waals surface area contributed by atoms with Crippen LogP contribution < -0.4 is 0 Å². The first-order valence-corrected chi connectivity index (χ1v) is 7.66. The second kappa shape index (κ2) is 6.46. The Bertz CT molecular complexity index is 645. The van der Waals surface area contributed by atoms with Crippen molar-refractivity contribution in [3.8, 4) is 0 Å². The number of benzene rings is 2. The Morgan fingerprint density at radius 2 is 1.77 bits per heavy atom. The lowest BCUT2D eigenvalue weighted by Gasteiger charge is -2.15. The topological polar surface area (TPSA) is 46.4 Å². The molecule has 1 aliphatic heterocycles. The molecule has 22 heavy (non-hydrogen) atoms. The van der Waals surface area contributed by atoms with Gasteiger partial charge in [0, 0.05) is 23.0 Å². The Morgan fingerprint density at radius 3 is 2.41 bits per heavy atom. The van der Waals surface area contributed by atoms with E-state index in [1.807, 2.05) is 30.3 Å². The molecule has 1 heterocycles. The maximum atomic E-state index is 11.4. The van der Waals surface area contributed by atoms with E-state index in [4.69, 9.17) is 11.6 Å². The average Bonchev–Trinajstić information content (AvgIpc) is 2.93. The van der Waals surface area contributed by atoms with E-state index >= 15 is 0 Å². The van der Waals surface area contributed by atoms with Gasteiger partial charge in [-0.3, -0.25) is 15.0 Å². The van der Waals surface area contributed by atoms with Crippen molar-refractivity contribution in [2.75, 3.05) is 13.1 Å². The summed E-state index contributed by atoms with van der Waals surface area (Å²) in [6, 6.07) is 16.9. The Hall–Kier alpha value is -1.91. The van der Waals surface area contributed by atoms with Gasteiger partial charge >= 0.3 is 0 Å². The second-order valence-corrected chi connectivity index (χ2v) is 6.13. The predicted octanol–water partition coefficient (Wildman–Crippen LogP) is 3.58. The zero-order valence-corrected chi connectivity index (χ0v) is 12.8. The summed E-state index contributed by atoms with van der Waals surface area (Å²) in [6.07, 6.45) is 0. The highest BCUT2D eigenvalue weighted by Gasteiger charge is 2.41. The lowest BCUT2D eigenvalue weighted by molar-refractivity contribution is -0.521. The van der Waals surface area contributed by atoms with Gasteiger partial charge < -0.3 is 0 Å². The zero-order chi connectivity index (χ0) is 15.5. The standard InChI is InChI=1S/C17H17ClN2O2/c18-15-8-6-14(7-9-15)16-11-19(12-17(16)20(21)22)10-13-4-2-1-3-5-13/h1-9,16-17H,10-12H2/t16-,17-/m0/s1. The van der Waals surface area contributed by atoms with E-state index in [0.29, 0.717) is 18.1 Å². The molecule has 0 amide bonds. The van der Waals surface area contributed by atoms with E-state index in [2.05, 4.69) is 17.0 Å². The van der Waals surface area contributed by atoms with Crippen molar-refractivity contribution in [2.45, 2.75) is 18.5 Å². The van der Waals surface area contributed by atoms with Crippen molar-refractivity contribution in [1.82, 2.24) is 4.90 Å². The molecule has 0 aliphatic carbocycles. The van der Waals surface area contributed by atoms with Crippen LogP contribution >= 0.6 is 11.6 Å². The van der Waals surface area contributed by atoms with Crippen LogP contribution in [0.25, 0.3) is 0 Å². The molecule has 0 saturated carbocycles. The van der Waals surface area contributed by atoms with Crippen LogP contribution in [0.4, 0.5) is 0 Å². The van der Waals surface area contributed by atoms with E-state index in [-0.39, 0.29) is 10.8 Å². The number of hydrogen-bond donors (Lipinski definition) is 0. The van der Waals surface area contributed by atoms with Crippen LogP contribution in [0.3, 0.4) is 0 Å². The van der Waals surface area contributed by atoms with Gasteiger partial charge in [-0.15, -0.1) is 0 Å². The lowest BCUT2D eigenvalue weighted by atomic mass is 9.95. The number of hydrogen-bond acceptors (Lipinski definition) is 3.